The summed E-state index contributed by atoms with van der Waals surface area (Å²) in [6, 6.07) is 10.1. The number of primary amides is 1. The van der Waals surface area contributed by atoms with Crippen molar-refractivity contribution in [2.45, 2.75) is 166 Å². The van der Waals surface area contributed by atoms with E-state index in [-0.39, 0.29) is 151 Å². The molecule has 5 rings (SSSR count). The average molecular weight is 1390 g/mol. The van der Waals surface area contributed by atoms with Gasteiger partial charge in [-0.15, -0.1) is 11.8 Å². The fourth-order valence-electron chi connectivity index (χ4n) is 11.2. The number of fused-ring (bicyclic) bond motifs is 2. The van der Waals surface area contributed by atoms with Gasteiger partial charge in [0.25, 0.3) is 0 Å². The quantitative estimate of drug-likeness (QED) is 0.0261. The Labute approximate surface area is 577 Å². The van der Waals surface area contributed by atoms with Crippen LogP contribution in [0.25, 0.3) is 0 Å². The lowest BCUT2D eigenvalue weighted by Crippen LogP contribution is -2.57. The molecule has 10 N–H and O–H groups in total. The molecule has 98 heavy (non-hydrogen) atoms. The van der Waals surface area contributed by atoms with Gasteiger partial charge in [-0.2, -0.15) is 0 Å². The van der Waals surface area contributed by atoms with Crippen LogP contribution in [-0.4, -0.2) is 212 Å². The fourth-order valence-corrected chi connectivity index (χ4v) is 12.3. The number of aliphatic carboxylic acids is 2. The van der Waals surface area contributed by atoms with Crippen LogP contribution in [0, 0.1) is 29.6 Å². The van der Waals surface area contributed by atoms with Crippen molar-refractivity contribution in [2.24, 2.45) is 23.5 Å². The first-order valence-corrected chi connectivity index (χ1v) is 35.0. The van der Waals surface area contributed by atoms with E-state index in [0.717, 1.165) is 40.1 Å². The number of carbonyl (C=O) groups is 12. The Balaban J connectivity index is 0.880. The van der Waals surface area contributed by atoms with Crippen LogP contribution in [0.5, 0.6) is 0 Å². The normalized spacial score (nSPS) is 16.9. The van der Waals surface area contributed by atoms with E-state index in [0.29, 0.717) is 84.3 Å². The lowest BCUT2D eigenvalue weighted by atomic mass is 9.81. The molecule has 0 aromatic heterocycles. The number of nitrogens with one attached hydrogen (secondary N) is 6. The number of likely N-dealkylation sites (tertiary alicyclic amines) is 1. The predicted molar refractivity (Wildman–Crippen MR) is 364 cm³/mol. The summed E-state index contributed by atoms with van der Waals surface area (Å²) >= 11 is 1.20. The smallest absolute Gasteiger partial charge is 0.326 e. The summed E-state index contributed by atoms with van der Waals surface area (Å²) in [7, 11) is 1.40. The number of carboxylic acid groups (broad SMARTS) is 2. The topological polar surface area (TPSA) is 390 Å². The molecule has 1 saturated carbocycles. The zero-order valence-corrected chi connectivity index (χ0v) is 57.7. The zero-order valence-electron chi connectivity index (χ0n) is 56.9. The highest BCUT2D eigenvalue weighted by Gasteiger charge is 2.41. The van der Waals surface area contributed by atoms with E-state index in [4.69, 9.17) is 24.7 Å². The Morgan fingerprint density at radius 1 is 0.633 bits per heavy atom. The summed E-state index contributed by atoms with van der Waals surface area (Å²) in [6.45, 7) is 8.14. The third kappa shape index (κ3) is 28.7. The van der Waals surface area contributed by atoms with Gasteiger partial charge >= 0.3 is 18.0 Å². The number of unbranched alkanes of at least 4 members (excludes halogenated alkanes) is 3. The number of hydrogen-bond donors (Lipinski definition) is 9. The number of carbonyl (C=O) groups excluding carboxylic acids is 10. The second kappa shape index (κ2) is 44.0. The van der Waals surface area contributed by atoms with Crippen LogP contribution < -0.4 is 42.5 Å². The van der Waals surface area contributed by atoms with Crippen molar-refractivity contribution in [3.05, 3.63) is 65.2 Å². The van der Waals surface area contributed by atoms with Crippen LogP contribution in [0.2, 0.25) is 0 Å². The molecular weight excluding hydrogens is 1290 g/mol. The monoisotopic (exact) mass is 1390 g/mol. The van der Waals surface area contributed by atoms with Gasteiger partial charge in [-0.1, -0.05) is 62.4 Å². The molecule has 29 heteroatoms. The highest BCUT2D eigenvalue weighted by Crippen LogP contribution is 2.33. The lowest BCUT2D eigenvalue weighted by molar-refractivity contribution is -0.148. The molecule has 0 radical (unpaired) electrons. The van der Waals surface area contributed by atoms with Crippen molar-refractivity contribution < 1.29 is 86.7 Å². The molecular formula is C69H100N10O18S. The number of nitrogens with two attached hydrogens (primary N) is 1. The lowest BCUT2D eigenvalue weighted by Gasteiger charge is -2.30. The third-order valence-corrected chi connectivity index (χ3v) is 18.4. The van der Waals surface area contributed by atoms with Gasteiger partial charge in [-0.05, 0) is 113 Å². The number of ether oxygens (including phenoxy) is 4. The Bertz CT molecular complexity index is 3060. The van der Waals surface area contributed by atoms with E-state index in [2.05, 4.69) is 43.7 Å². The van der Waals surface area contributed by atoms with E-state index < -0.39 is 71.0 Å². The number of carboxylic acids is 2. The second-order valence-electron chi connectivity index (χ2n) is 24.9. The van der Waals surface area contributed by atoms with Gasteiger partial charge in [0, 0.05) is 88.1 Å². The molecule has 2 aromatic rings. The molecule has 28 nitrogen and oxygen atoms in total. The van der Waals surface area contributed by atoms with Crippen LogP contribution in [-0.2, 0) is 78.2 Å². The van der Waals surface area contributed by atoms with Crippen LogP contribution in [0.15, 0.2) is 48.5 Å². The molecule has 1 saturated heterocycles. The standard InChI is InChI=1S/C69H100N10O18S/c1-46(2)62(76-58(81)29-35-95-37-39-97-41-40-96-38-36-94-34-28-57(80)71-31-12-5-6-21-60(83)78-45-52-17-8-7-15-49(52)26-27-50-16-9-10-20-55(50)78)65(87)74-53(19-14-33-73-69(70)93)64(86)75-54(68(91)92)18-11-13-32-72-63(85)51-24-22-48(23-25-51)44-79-61(84)43-56(66(79)88)98-42-30-59(82)77(4)47(3)67(89)90/h7-10,15-17,20,46-48,51,53-54,56,62H,5-6,11-14,18-19,21-25,28-45H2,1-4H3,(H,71,80)(H,72,85)(H,74,87)(H,75,86)(H,76,81)(H,89,90)(H,91,92)(H3,70,73,93)/t47-,48?,51?,53-,54?,56?,62-/m0/s1. The molecule has 0 bridgehead atoms. The minimum absolute atomic E-state index is 0.00284. The largest absolute Gasteiger partial charge is 0.480 e. The number of amides is 11. The Kier molecular flexibility index (Phi) is 36.1. The number of thioether (sulfide) groups is 1. The van der Waals surface area contributed by atoms with Crippen molar-refractivity contribution in [3.8, 4) is 11.8 Å². The van der Waals surface area contributed by atoms with Crippen LogP contribution in [0.4, 0.5) is 10.5 Å². The number of nitrogens with zero attached hydrogens (tertiary/aromatic N) is 3. The van der Waals surface area contributed by atoms with Crippen molar-refractivity contribution in [3.63, 3.8) is 0 Å². The molecule has 5 atom stereocenters. The minimum atomic E-state index is -1.35. The van der Waals surface area contributed by atoms with Gasteiger partial charge in [0.15, 0.2) is 0 Å². The summed E-state index contributed by atoms with van der Waals surface area (Å²) in [5.74, 6) is 0.340. The van der Waals surface area contributed by atoms with Crippen molar-refractivity contribution in [2.75, 3.05) is 96.7 Å². The minimum Gasteiger partial charge on any atom is -0.480 e. The summed E-state index contributed by atoms with van der Waals surface area (Å²) in [6.07, 6.45) is 5.93. The summed E-state index contributed by atoms with van der Waals surface area (Å²) in [5, 5.41) is 34.7. The molecule has 2 heterocycles. The van der Waals surface area contributed by atoms with Crippen molar-refractivity contribution in [1.82, 2.24) is 41.7 Å². The van der Waals surface area contributed by atoms with Crippen molar-refractivity contribution in [1.29, 1.82) is 0 Å². The van der Waals surface area contributed by atoms with E-state index in [1.165, 1.54) is 30.6 Å². The maximum atomic E-state index is 13.7. The van der Waals surface area contributed by atoms with E-state index >= 15 is 0 Å². The summed E-state index contributed by atoms with van der Waals surface area (Å²) < 4.78 is 22.2. The Hall–Kier alpha value is -8.17. The van der Waals surface area contributed by atoms with Crippen LogP contribution >= 0.6 is 11.8 Å². The van der Waals surface area contributed by atoms with E-state index in [1.807, 2.05) is 53.4 Å². The number of likely N-dealkylation sites (N-methyl/N-ethyl adjacent to an activating group) is 1. The molecule has 540 valence electrons. The number of anilines is 1. The highest BCUT2D eigenvalue weighted by atomic mass is 32.2. The van der Waals surface area contributed by atoms with Gasteiger partial charge in [0.2, 0.25) is 53.2 Å². The Morgan fingerprint density at radius 2 is 1.21 bits per heavy atom. The molecule has 11 amide bonds. The summed E-state index contributed by atoms with van der Waals surface area (Å²) in [4.78, 5) is 157. The maximum Gasteiger partial charge on any atom is 0.326 e. The SMILES string of the molecule is CC(C)[C@H](NC(=O)CCOCCOCCOCCOCCC(=O)NCCCCCC(=O)N1Cc2ccccc2C#Cc2ccccc21)C(=O)N[C@@H](CCCNC(N)=O)C(=O)NC(CCCCNC(=O)C1CCC(CN2C(=O)CC(SCCC(=O)N(C)[C@@H](C)C(=O)O)C2=O)CC1)C(=O)O. The van der Waals surface area contributed by atoms with Crippen LogP contribution in [0.1, 0.15) is 147 Å². The molecule has 2 unspecified atom stereocenters. The molecule has 1 aliphatic carbocycles. The summed E-state index contributed by atoms with van der Waals surface area (Å²) in [5.41, 5.74) is 8.76. The average Bonchev–Trinajstić information content (AvgIpc) is 1.83. The molecule has 2 aliphatic heterocycles. The molecule has 0 spiro atoms. The maximum absolute atomic E-state index is 13.7. The van der Waals surface area contributed by atoms with E-state index in [1.54, 1.807) is 13.8 Å². The molecule has 2 aromatic carbocycles. The number of para-hydroxylation sites is 1. The van der Waals surface area contributed by atoms with Gasteiger partial charge in [-0.25, -0.2) is 14.4 Å². The number of rotatable bonds is 46. The first kappa shape index (κ1) is 80.5. The number of imide groups is 1. The van der Waals surface area contributed by atoms with Gasteiger partial charge < -0.3 is 76.6 Å². The van der Waals surface area contributed by atoms with Gasteiger partial charge in [0.05, 0.1) is 70.3 Å². The fraction of sp³-hybridized carbons (Fsp3) is 0.623. The number of urea groups is 1. The number of hydrogen-bond acceptors (Lipinski definition) is 17. The first-order chi connectivity index (χ1) is 47.0. The number of benzene rings is 2. The van der Waals surface area contributed by atoms with Crippen LogP contribution in [0.3, 0.4) is 0 Å². The highest BCUT2D eigenvalue weighted by molar-refractivity contribution is 8.00. The zero-order chi connectivity index (χ0) is 71.4. The molecule has 3 aliphatic rings. The third-order valence-electron chi connectivity index (χ3n) is 17.2. The second-order valence-corrected chi connectivity index (χ2v) is 26.2. The van der Waals surface area contributed by atoms with Crippen molar-refractivity contribution >= 4 is 88.6 Å². The van der Waals surface area contributed by atoms with E-state index in [9.17, 15) is 67.7 Å². The predicted octanol–water partition coefficient (Wildman–Crippen LogP) is 3.37. The van der Waals surface area contributed by atoms with Gasteiger partial charge in [-0.3, -0.25) is 48.1 Å². The first-order valence-electron chi connectivity index (χ1n) is 34.0. The molecule has 2 fully saturated rings. The Morgan fingerprint density at radius 3 is 1.87 bits per heavy atom. The van der Waals surface area contributed by atoms with Gasteiger partial charge in [0.1, 0.15) is 24.2 Å².